The summed E-state index contributed by atoms with van der Waals surface area (Å²) in [6.45, 7) is 4.07. The van der Waals surface area contributed by atoms with Crippen LogP contribution >= 0.6 is 0 Å². The van der Waals surface area contributed by atoms with Gasteiger partial charge in [0.05, 0.1) is 6.10 Å². The van der Waals surface area contributed by atoms with Crippen LogP contribution in [0, 0.1) is 0 Å². The molecule has 21 heavy (non-hydrogen) atoms. The highest BCUT2D eigenvalue weighted by Gasteiger charge is 2.15. The van der Waals surface area contributed by atoms with Gasteiger partial charge in [0, 0.05) is 11.6 Å². The molecule has 0 aliphatic rings. The number of ether oxygens (including phenoxy) is 1. The van der Waals surface area contributed by atoms with Crippen LogP contribution in [0.5, 0.6) is 5.75 Å². The molecule has 1 atom stereocenters. The van der Waals surface area contributed by atoms with Crippen molar-refractivity contribution < 1.29 is 4.74 Å². The van der Waals surface area contributed by atoms with Crippen LogP contribution in [-0.2, 0) is 6.42 Å². The highest BCUT2D eigenvalue weighted by molar-refractivity contribution is 5.36. The zero-order valence-corrected chi connectivity index (χ0v) is 12.8. The Labute approximate surface area is 127 Å². The lowest BCUT2D eigenvalue weighted by atomic mass is 9.98. The number of rotatable bonds is 7. The summed E-state index contributed by atoms with van der Waals surface area (Å²) in [5.41, 5.74) is 5.36. The topological polar surface area (TPSA) is 47.3 Å². The molecule has 3 heteroatoms. The molecule has 0 aliphatic carbocycles. The van der Waals surface area contributed by atoms with Gasteiger partial charge in [0.15, 0.2) is 0 Å². The number of aryl methyl sites for hydroxylation is 1. The lowest BCUT2D eigenvalue weighted by Crippen LogP contribution is -2.29. The van der Waals surface area contributed by atoms with E-state index in [1.165, 1.54) is 5.56 Å². The van der Waals surface area contributed by atoms with Crippen molar-refractivity contribution in [3.63, 3.8) is 0 Å². The number of hydrogen-bond acceptors (Lipinski definition) is 3. The van der Waals surface area contributed by atoms with Crippen LogP contribution in [0.4, 0.5) is 0 Å². The van der Waals surface area contributed by atoms with E-state index in [2.05, 4.69) is 35.8 Å². The van der Waals surface area contributed by atoms with E-state index >= 15 is 0 Å². The zero-order chi connectivity index (χ0) is 15.1. The van der Waals surface area contributed by atoms with E-state index in [4.69, 9.17) is 10.6 Å². The summed E-state index contributed by atoms with van der Waals surface area (Å²) in [5.74, 6) is 6.67. The van der Waals surface area contributed by atoms with Gasteiger partial charge in [-0.05, 0) is 38.3 Å². The van der Waals surface area contributed by atoms with Crippen molar-refractivity contribution >= 4 is 0 Å². The van der Waals surface area contributed by atoms with Crippen LogP contribution in [0.2, 0.25) is 0 Å². The number of benzene rings is 2. The molecule has 0 aromatic heterocycles. The molecule has 0 spiro atoms. The standard InChI is InChI=1S/C18H24N2O/c1-14(2)21-18-11-7-6-10-16(18)17(20-19)13-12-15-8-4-3-5-9-15/h3-11,14,17,20H,12-13,19H2,1-2H3. The fraction of sp³-hybridized carbons (Fsp3) is 0.333. The summed E-state index contributed by atoms with van der Waals surface area (Å²) in [5, 5.41) is 0. The van der Waals surface area contributed by atoms with Crippen LogP contribution in [-0.4, -0.2) is 6.10 Å². The summed E-state index contributed by atoms with van der Waals surface area (Å²) in [6, 6.07) is 18.6. The van der Waals surface area contributed by atoms with Crippen molar-refractivity contribution in [2.24, 2.45) is 5.84 Å². The van der Waals surface area contributed by atoms with Crippen LogP contribution in [0.1, 0.15) is 37.4 Å². The molecule has 0 heterocycles. The van der Waals surface area contributed by atoms with Gasteiger partial charge in [-0.1, -0.05) is 48.5 Å². The quantitative estimate of drug-likeness (QED) is 0.603. The number of para-hydroxylation sites is 1. The third-order valence-electron chi connectivity index (χ3n) is 3.42. The minimum Gasteiger partial charge on any atom is -0.491 e. The van der Waals surface area contributed by atoms with E-state index in [1.807, 2.05) is 38.1 Å². The highest BCUT2D eigenvalue weighted by Crippen LogP contribution is 2.28. The molecular weight excluding hydrogens is 260 g/mol. The Balaban J connectivity index is 2.10. The second kappa shape index (κ2) is 7.81. The lowest BCUT2D eigenvalue weighted by molar-refractivity contribution is 0.237. The van der Waals surface area contributed by atoms with Gasteiger partial charge in [-0.2, -0.15) is 0 Å². The zero-order valence-electron chi connectivity index (χ0n) is 12.8. The predicted molar refractivity (Wildman–Crippen MR) is 87.0 cm³/mol. The maximum absolute atomic E-state index is 5.88. The summed E-state index contributed by atoms with van der Waals surface area (Å²) >= 11 is 0. The predicted octanol–water partition coefficient (Wildman–Crippen LogP) is 3.61. The molecule has 0 amide bonds. The maximum Gasteiger partial charge on any atom is 0.124 e. The van der Waals surface area contributed by atoms with Crippen molar-refractivity contribution in [2.75, 3.05) is 0 Å². The van der Waals surface area contributed by atoms with E-state index < -0.39 is 0 Å². The van der Waals surface area contributed by atoms with Crippen molar-refractivity contribution in [1.29, 1.82) is 0 Å². The van der Waals surface area contributed by atoms with Gasteiger partial charge in [-0.25, -0.2) is 0 Å². The molecule has 0 fully saturated rings. The summed E-state index contributed by atoms with van der Waals surface area (Å²) in [6.07, 6.45) is 2.06. The molecule has 0 saturated heterocycles. The Morgan fingerprint density at radius 3 is 2.33 bits per heavy atom. The van der Waals surface area contributed by atoms with Crippen molar-refractivity contribution in [1.82, 2.24) is 5.43 Å². The Morgan fingerprint density at radius 1 is 1.00 bits per heavy atom. The highest BCUT2D eigenvalue weighted by atomic mass is 16.5. The van der Waals surface area contributed by atoms with Gasteiger partial charge in [0.25, 0.3) is 0 Å². The van der Waals surface area contributed by atoms with Crippen LogP contribution in [0.3, 0.4) is 0 Å². The van der Waals surface area contributed by atoms with Gasteiger partial charge in [0.1, 0.15) is 5.75 Å². The first kappa shape index (κ1) is 15.5. The van der Waals surface area contributed by atoms with E-state index in [1.54, 1.807) is 0 Å². The molecular formula is C18H24N2O. The summed E-state index contributed by atoms with van der Waals surface area (Å²) < 4.78 is 5.88. The van der Waals surface area contributed by atoms with Crippen molar-refractivity contribution in [2.45, 2.75) is 38.8 Å². The first-order valence-electron chi connectivity index (χ1n) is 7.46. The molecule has 2 aromatic rings. The van der Waals surface area contributed by atoms with E-state index in [0.29, 0.717) is 0 Å². The monoisotopic (exact) mass is 284 g/mol. The van der Waals surface area contributed by atoms with Crippen LogP contribution < -0.4 is 16.0 Å². The molecule has 1 unspecified atom stereocenters. The van der Waals surface area contributed by atoms with Gasteiger partial charge in [0.2, 0.25) is 0 Å². The van der Waals surface area contributed by atoms with E-state index in [0.717, 1.165) is 24.2 Å². The molecule has 112 valence electrons. The van der Waals surface area contributed by atoms with Crippen molar-refractivity contribution in [3.05, 3.63) is 65.7 Å². The first-order chi connectivity index (χ1) is 10.2. The largest absolute Gasteiger partial charge is 0.491 e. The van der Waals surface area contributed by atoms with Gasteiger partial charge in [-0.15, -0.1) is 0 Å². The first-order valence-corrected chi connectivity index (χ1v) is 7.46. The molecule has 2 aromatic carbocycles. The Hall–Kier alpha value is -1.84. The Morgan fingerprint density at radius 2 is 1.67 bits per heavy atom. The second-order valence-electron chi connectivity index (χ2n) is 5.45. The molecule has 3 nitrogen and oxygen atoms in total. The fourth-order valence-corrected chi connectivity index (χ4v) is 2.41. The number of hydrazine groups is 1. The normalized spacial score (nSPS) is 12.4. The average Bonchev–Trinajstić information content (AvgIpc) is 2.50. The van der Waals surface area contributed by atoms with E-state index in [-0.39, 0.29) is 12.1 Å². The third kappa shape index (κ3) is 4.59. The minimum atomic E-state index is 0.0835. The van der Waals surface area contributed by atoms with Crippen LogP contribution in [0.15, 0.2) is 54.6 Å². The van der Waals surface area contributed by atoms with Gasteiger partial charge in [-0.3, -0.25) is 11.3 Å². The van der Waals surface area contributed by atoms with Gasteiger partial charge < -0.3 is 4.74 Å². The molecule has 0 aliphatic heterocycles. The van der Waals surface area contributed by atoms with E-state index in [9.17, 15) is 0 Å². The van der Waals surface area contributed by atoms with Crippen LogP contribution in [0.25, 0.3) is 0 Å². The molecule has 0 radical (unpaired) electrons. The Bertz CT molecular complexity index is 540. The Kier molecular flexibility index (Phi) is 5.78. The smallest absolute Gasteiger partial charge is 0.124 e. The average molecular weight is 284 g/mol. The number of hydrogen-bond donors (Lipinski definition) is 2. The third-order valence-corrected chi connectivity index (χ3v) is 3.42. The SMILES string of the molecule is CC(C)Oc1ccccc1C(CCc1ccccc1)NN. The fourth-order valence-electron chi connectivity index (χ4n) is 2.41. The maximum atomic E-state index is 5.88. The second-order valence-corrected chi connectivity index (χ2v) is 5.45. The number of nitrogens with one attached hydrogen (secondary N) is 1. The molecule has 0 saturated carbocycles. The lowest BCUT2D eigenvalue weighted by Gasteiger charge is -2.21. The number of nitrogens with two attached hydrogens (primary N) is 1. The van der Waals surface area contributed by atoms with Crippen molar-refractivity contribution in [3.8, 4) is 5.75 Å². The molecule has 0 bridgehead atoms. The van der Waals surface area contributed by atoms with Gasteiger partial charge >= 0.3 is 0 Å². The molecule has 3 N–H and O–H groups in total. The summed E-state index contributed by atoms with van der Waals surface area (Å²) in [4.78, 5) is 0. The molecule has 2 rings (SSSR count). The summed E-state index contributed by atoms with van der Waals surface area (Å²) in [7, 11) is 0. The minimum absolute atomic E-state index is 0.0835.